The molecule has 0 aromatic heterocycles. The Morgan fingerprint density at radius 2 is 1.62 bits per heavy atom. The van der Waals surface area contributed by atoms with Crippen molar-refractivity contribution in [3.63, 3.8) is 0 Å². The van der Waals surface area contributed by atoms with E-state index >= 15 is 0 Å². The average Bonchev–Trinajstić information content (AvgIpc) is 2.75. The lowest BCUT2D eigenvalue weighted by molar-refractivity contribution is -0.131. The van der Waals surface area contributed by atoms with Crippen LogP contribution in [0.3, 0.4) is 0 Å². The lowest BCUT2D eigenvalue weighted by atomic mass is 10.2. The van der Waals surface area contributed by atoms with Gasteiger partial charge in [-0.1, -0.05) is 25.1 Å². The lowest BCUT2D eigenvalue weighted by Gasteiger charge is -2.36. The van der Waals surface area contributed by atoms with E-state index in [1.165, 1.54) is 0 Å². The Balaban J connectivity index is 1.49. The third-order valence-corrected chi connectivity index (χ3v) is 5.05. The summed E-state index contributed by atoms with van der Waals surface area (Å²) in [5.41, 5.74) is 2.48. The van der Waals surface area contributed by atoms with Crippen LogP contribution in [0, 0.1) is 0 Å². The summed E-state index contributed by atoms with van der Waals surface area (Å²) in [6.07, 6.45) is 1.52. The third-order valence-electron chi connectivity index (χ3n) is 4.85. The van der Waals surface area contributed by atoms with Crippen molar-refractivity contribution >= 4 is 40.5 Å². The van der Waals surface area contributed by atoms with E-state index in [1.54, 1.807) is 12.1 Å². The Bertz CT molecular complexity index is 847. The van der Waals surface area contributed by atoms with Crippen molar-refractivity contribution in [1.29, 1.82) is 0 Å². The second-order valence-corrected chi connectivity index (χ2v) is 7.35. The van der Waals surface area contributed by atoms with Gasteiger partial charge >= 0.3 is 0 Å². The molecule has 6 nitrogen and oxygen atoms in total. The number of rotatable bonds is 5. The van der Waals surface area contributed by atoms with Crippen molar-refractivity contribution in [1.82, 2.24) is 10.2 Å². The fourth-order valence-corrected chi connectivity index (χ4v) is 3.48. The van der Waals surface area contributed by atoms with E-state index in [0.717, 1.165) is 44.0 Å². The number of benzene rings is 2. The zero-order chi connectivity index (χ0) is 20.6. The Morgan fingerprint density at radius 1 is 0.966 bits per heavy atom. The molecule has 2 aromatic carbocycles. The molecule has 0 unspecified atom stereocenters. The first-order chi connectivity index (χ1) is 14.1. The molecule has 0 aliphatic carbocycles. The van der Waals surface area contributed by atoms with Gasteiger partial charge in [-0.25, -0.2) is 0 Å². The van der Waals surface area contributed by atoms with E-state index in [-0.39, 0.29) is 16.9 Å². The van der Waals surface area contributed by atoms with E-state index in [4.69, 9.17) is 12.2 Å². The minimum Gasteiger partial charge on any atom is -0.368 e. The van der Waals surface area contributed by atoms with E-state index in [0.29, 0.717) is 12.0 Å². The van der Waals surface area contributed by atoms with Gasteiger partial charge in [0.05, 0.1) is 0 Å². The topological polar surface area (TPSA) is 64.7 Å². The van der Waals surface area contributed by atoms with Gasteiger partial charge in [0.2, 0.25) is 5.91 Å². The molecule has 152 valence electrons. The predicted octanol–water partition coefficient (Wildman–Crippen LogP) is 3.26. The smallest absolute Gasteiger partial charge is 0.257 e. The molecular weight excluding hydrogens is 384 g/mol. The quantitative estimate of drug-likeness (QED) is 0.741. The van der Waals surface area contributed by atoms with E-state index in [2.05, 4.69) is 15.5 Å². The number of anilines is 2. The van der Waals surface area contributed by atoms with Crippen LogP contribution < -0.4 is 15.5 Å². The monoisotopic (exact) mass is 410 g/mol. The Morgan fingerprint density at radius 3 is 2.24 bits per heavy atom. The van der Waals surface area contributed by atoms with Gasteiger partial charge in [0.25, 0.3) is 5.91 Å². The van der Waals surface area contributed by atoms with Gasteiger partial charge in [-0.15, -0.1) is 0 Å². The summed E-state index contributed by atoms with van der Waals surface area (Å²) in [6, 6.07) is 16.9. The number of hydrogen-bond acceptors (Lipinski definition) is 4. The second-order valence-electron chi connectivity index (χ2n) is 6.94. The van der Waals surface area contributed by atoms with Crippen LogP contribution in [0.1, 0.15) is 30.1 Å². The molecule has 0 spiro atoms. The molecule has 1 fully saturated rings. The number of nitrogens with one attached hydrogen (secondary N) is 2. The zero-order valence-corrected chi connectivity index (χ0v) is 17.4. The number of amides is 2. The van der Waals surface area contributed by atoms with E-state index in [1.807, 2.05) is 54.3 Å². The van der Waals surface area contributed by atoms with Crippen LogP contribution in [0.2, 0.25) is 0 Å². The maximum absolute atomic E-state index is 12.1. The van der Waals surface area contributed by atoms with E-state index in [9.17, 15) is 9.59 Å². The molecule has 7 heteroatoms. The van der Waals surface area contributed by atoms with Crippen molar-refractivity contribution in [2.75, 3.05) is 36.4 Å². The van der Waals surface area contributed by atoms with Crippen molar-refractivity contribution in [2.24, 2.45) is 0 Å². The molecule has 0 saturated carbocycles. The summed E-state index contributed by atoms with van der Waals surface area (Å²) >= 11 is 5.24. The van der Waals surface area contributed by atoms with Crippen LogP contribution >= 0.6 is 12.2 Å². The van der Waals surface area contributed by atoms with Crippen molar-refractivity contribution in [3.05, 3.63) is 60.2 Å². The number of hydrogen-bond donors (Lipinski definition) is 2. The fourth-order valence-electron chi connectivity index (χ4n) is 3.27. The fraction of sp³-hybridized carbons (Fsp3) is 0.318. The molecular formula is C22H26N4O2S. The summed E-state index contributed by atoms with van der Waals surface area (Å²) in [5.74, 6) is 0.00738. The van der Waals surface area contributed by atoms with Gasteiger partial charge in [-0.05, 0) is 55.0 Å². The summed E-state index contributed by atoms with van der Waals surface area (Å²) in [7, 11) is 0. The van der Waals surface area contributed by atoms with Crippen LogP contribution in [0.4, 0.5) is 11.4 Å². The molecule has 2 N–H and O–H groups in total. The van der Waals surface area contributed by atoms with Crippen LogP contribution in [0.25, 0.3) is 0 Å². The van der Waals surface area contributed by atoms with Gasteiger partial charge in [0, 0.05) is 49.5 Å². The first-order valence-corrected chi connectivity index (χ1v) is 10.3. The van der Waals surface area contributed by atoms with Crippen molar-refractivity contribution < 1.29 is 9.59 Å². The van der Waals surface area contributed by atoms with E-state index < -0.39 is 0 Å². The Hall–Kier alpha value is -2.93. The Labute approximate surface area is 176 Å². The molecule has 0 bridgehead atoms. The largest absolute Gasteiger partial charge is 0.368 e. The van der Waals surface area contributed by atoms with Crippen molar-refractivity contribution in [2.45, 2.75) is 19.8 Å². The predicted molar refractivity (Wildman–Crippen MR) is 120 cm³/mol. The summed E-state index contributed by atoms with van der Waals surface area (Å²) in [4.78, 5) is 28.4. The number of carbonyl (C=O) groups is 2. The normalized spacial score (nSPS) is 13.7. The summed E-state index contributed by atoms with van der Waals surface area (Å²) in [5, 5.41) is 5.98. The average molecular weight is 411 g/mol. The van der Waals surface area contributed by atoms with Crippen LogP contribution in [-0.4, -0.2) is 48.0 Å². The highest BCUT2D eigenvalue weighted by atomic mass is 32.1. The number of carbonyl (C=O) groups excluding carboxylic acids is 2. The maximum Gasteiger partial charge on any atom is 0.257 e. The molecule has 0 atom stereocenters. The van der Waals surface area contributed by atoms with Gasteiger partial charge in [0.1, 0.15) is 0 Å². The van der Waals surface area contributed by atoms with Crippen LogP contribution in [-0.2, 0) is 4.79 Å². The van der Waals surface area contributed by atoms with Gasteiger partial charge in [0.15, 0.2) is 5.11 Å². The molecule has 1 saturated heterocycles. The minimum absolute atomic E-state index is 0.241. The van der Waals surface area contributed by atoms with Gasteiger partial charge < -0.3 is 15.1 Å². The molecule has 1 aliphatic heterocycles. The molecule has 1 heterocycles. The zero-order valence-electron chi connectivity index (χ0n) is 16.6. The number of nitrogens with zero attached hydrogens (tertiary/aromatic N) is 2. The number of thiocarbonyl (C=S) groups is 1. The third kappa shape index (κ3) is 5.77. The maximum atomic E-state index is 12.1. The first kappa shape index (κ1) is 20.8. The molecule has 29 heavy (non-hydrogen) atoms. The molecule has 0 radical (unpaired) electrons. The summed E-state index contributed by atoms with van der Waals surface area (Å²) in [6.45, 7) is 5.20. The molecule has 3 rings (SSSR count). The first-order valence-electron chi connectivity index (χ1n) is 9.87. The SMILES string of the molecule is CCCC(=O)N1CCN(c2ccc(NC(=S)NC(=O)c3ccccc3)cc2)CC1. The molecule has 2 amide bonds. The van der Waals surface area contributed by atoms with Crippen molar-refractivity contribution in [3.8, 4) is 0 Å². The highest BCUT2D eigenvalue weighted by Crippen LogP contribution is 2.20. The summed E-state index contributed by atoms with van der Waals surface area (Å²) < 4.78 is 0. The van der Waals surface area contributed by atoms with Gasteiger partial charge in [-0.3, -0.25) is 14.9 Å². The van der Waals surface area contributed by atoms with Gasteiger partial charge in [-0.2, -0.15) is 0 Å². The minimum atomic E-state index is -0.241. The van der Waals surface area contributed by atoms with Crippen LogP contribution in [0.15, 0.2) is 54.6 Å². The highest BCUT2D eigenvalue weighted by Gasteiger charge is 2.20. The number of piperazine rings is 1. The Kier molecular flexibility index (Phi) is 7.19. The molecule has 1 aliphatic rings. The van der Waals surface area contributed by atoms with Crippen LogP contribution in [0.5, 0.6) is 0 Å². The molecule has 2 aromatic rings. The second kappa shape index (κ2) is 10.0. The standard InChI is InChI=1S/C22H26N4O2S/c1-2-6-20(27)26-15-13-25(14-16-26)19-11-9-18(10-12-19)23-22(29)24-21(28)17-7-4-3-5-8-17/h3-5,7-12H,2,6,13-16H2,1H3,(H2,23,24,28,29). The highest BCUT2D eigenvalue weighted by molar-refractivity contribution is 7.80. The lowest BCUT2D eigenvalue weighted by Crippen LogP contribution is -2.48.